The number of carbonyl (C=O) groups is 2. The number of hydrogen-bond acceptors (Lipinski definition) is 4. The second-order valence-electron chi connectivity index (χ2n) is 5.88. The Morgan fingerprint density at radius 2 is 1.75 bits per heavy atom. The molecular formula is C21H22N2O5. The van der Waals surface area contributed by atoms with Crippen molar-refractivity contribution >= 4 is 22.7 Å². The van der Waals surface area contributed by atoms with Crippen LogP contribution in [-0.2, 0) is 27.4 Å². The van der Waals surface area contributed by atoms with Gasteiger partial charge in [-0.1, -0.05) is 42.5 Å². The Balaban J connectivity index is 0.000000300. The van der Waals surface area contributed by atoms with Crippen LogP contribution in [0.5, 0.6) is 0 Å². The topological polar surface area (TPSA) is 113 Å². The van der Waals surface area contributed by atoms with Crippen LogP contribution in [0.1, 0.15) is 17.7 Å². The third-order valence-corrected chi connectivity index (χ3v) is 3.80. The summed E-state index contributed by atoms with van der Waals surface area (Å²) in [5, 5.41) is 18.2. The molecule has 0 aliphatic carbocycles. The lowest BCUT2D eigenvalue weighted by atomic mass is 10.1. The number of aromatic amines is 1. The fraction of sp³-hybridized carbons (Fsp3) is 0.190. The predicted molar refractivity (Wildman–Crippen MR) is 105 cm³/mol. The van der Waals surface area contributed by atoms with Crippen molar-refractivity contribution in [3.8, 4) is 0 Å². The molecule has 3 rings (SSSR count). The standard InChI is InChI=1S/C17H18N2O.C4H4O4/c1-2-9-17-14(5-1)6-3-7-15(17)12-20-10-4-8-16-11-18-13-19-16;5-3(6)1-2-4(7)8/h1-3,5-7,9,11,13H,4,8,10,12H2,(H,18,19);1-2H,(H,5,6)(H,7,8)/b;2-1-. The van der Waals surface area contributed by atoms with E-state index in [4.69, 9.17) is 14.9 Å². The average Bonchev–Trinajstić information content (AvgIpc) is 3.20. The number of imidazole rings is 1. The fourth-order valence-electron chi connectivity index (χ4n) is 2.53. The van der Waals surface area contributed by atoms with Crippen molar-refractivity contribution in [3.05, 3.63) is 78.4 Å². The lowest BCUT2D eigenvalue weighted by Gasteiger charge is -2.07. The number of hydrogen-bond donors (Lipinski definition) is 3. The summed E-state index contributed by atoms with van der Waals surface area (Å²) in [6.07, 6.45) is 6.68. The highest BCUT2D eigenvalue weighted by Crippen LogP contribution is 2.19. The first kappa shape index (κ1) is 20.9. The zero-order valence-corrected chi connectivity index (χ0v) is 15.2. The van der Waals surface area contributed by atoms with Crippen molar-refractivity contribution in [2.75, 3.05) is 6.61 Å². The summed E-state index contributed by atoms with van der Waals surface area (Å²) in [6.45, 7) is 1.44. The van der Waals surface area contributed by atoms with Crippen molar-refractivity contribution in [2.24, 2.45) is 0 Å². The Bertz CT molecular complexity index is 898. The smallest absolute Gasteiger partial charge is 0.328 e. The SMILES string of the molecule is O=C(O)/C=C\C(=O)O.c1ccc2c(COCCCc3cnc[nH]3)cccc2c1. The highest BCUT2D eigenvalue weighted by atomic mass is 16.5. The highest BCUT2D eigenvalue weighted by molar-refractivity contribution is 5.89. The molecule has 7 nitrogen and oxygen atoms in total. The molecule has 0 saturated heterocycles. The molecule has 0 fully saturated rings. The average molecular weight is 382 g/mol. The van der Waals surface area contributed by atoms with E-state index in [9.17, 15) is 9.59 Å². The number of carboxylic acid groups (broad SMARTS) is 2. The van der Waals surface area contributed by atoms with Gasteiger partial charge in [-0.2, -0.15) is 0 Å². The van der Waals surface area contributed by atoms with Crippen LogP contribution in [0.2, 0.25) is 0 Å². The number of fused-ring (bicyclic) bond motifs is 1. The molecule has 2 aromatic carbocycles. The van der Waals surface area contributed by atoms with Gasteiger partial charge in [0.15, 0.2) is 0 Å². The molecule has 0 saturated carbocycles. The summed E-state index contributed by atoms with van der Waals surface area (Å²) in [5.41, 5.74) is 2.42. The number of ether oxygens (including phenoxy) is 1. The number of rotatable bonds is 8. The monoisotopic (exact) mass is 382 g/mol. The zero-order chi connectivity index (χ0) is 20.2. The fourth-order valence-corrected chi connectivity index (χ4v) is 2.53. The quantitative estimate of drug-likeness (QED) is 0.406. The molecule has 0 radical (unpaired) electrons. The van der Waals surface area contributed by atoms with Crippen molar-refractivity contribution in [2.45, 2.75) is 19.4 Å². The van der Waals surface area contributed by atoms with Gasteiger partial charge < -0.3 is 19.9 Å². The van der Waals surface area contributed by atoms with Crippen LogP contribution in [0.3, 0.4) is 0 Å². The van der Waals surface area contributed by atoms with Crippen LogP contribution >= 0.6 is 0 Å². The minimum atomic E-state index is -1.26. The molecule has 1 aromatic heterocycles. The zero-order valence-electron chi connectivity index (χ0n) is 15.2. The molecule has 0 bridgehead atoms. The van der Waals surface area contributed by atoms with Gasteiger partial charge in [0, 0.05) is 30.6 Å². The molecule has 0 spiro atoms. The lowest BCUT2D eigenvalue weighted by Crippen LogP contribution is -1.98. The lowest BCUT2D eigenvalue weighted by molar-refractivity contribution is -0.134. The molecule has 7 heteroatoms. The van der Waals surface area contributed by atoms with Gasteiger partial charge in [-0.25, -0.2) is 14.6 Å². The van der Waals surface area contributed by atoms with Crippen molar-refractivity contribution in [3.63, 3.8) is 0 Å². The van der Waals surface area contributed by atoms with Gasteiger partial charge in [0.1, 0.15) is 0 Å². The highest BCUT2D eigenvalue weighted by Gasteiger charge is 2.00. The molecule has 0 unspecified atom stereocenters. The van der Waals surface area contributed by atoms with E-state index in [2.05, 4.69) is 52.4 Å². The Morgan fingerprint density at radius 1 is 1.04 bits per heavy atom. The Morgan fingerprint density at radius 3 is 2.43 bits per heavy atom. The van der Waals surface area contributed by atoms with Gasteiger partial charge >= 0.3 is 11.9 Å². The van der Waals surface area contributed by atoms with Crippen LogP contribution in [0.15, 0.2) is 67.1 Å². The maximum atomic E-state index is 9.55. The van der Waals surface area contributed by atoms with Gasteiger partial charge in [0.05, 0.1) is 12.9 Å². The Labute approximate surface area is 162 Å². The number of H-pyrrole nitrogens is 1. The summed E-state index contributed by atoms with van der Waals surface area (Å²) in [4.78, 5) is 26.2. The summed E-state index contributed by atoms with van der Waals surface area (Å²) in [7, 11) is 0. The van der Waals surface area contributed by atoms with Crippen LogP contribution < -0.4 is 0 Å². The summed E-state index contributed by atoms with van der Waals surface area (Å²) in [5.74, 6) is -2.51. The number of aliphatic carboxylic acids is 2. The van der Waals surface area contributed by atoms with Crippen LogP contribution in [0, 0.1) is 0 Å². The van der Waals surface area contributed by atoms with Gasteiger partial charge in [-0.05, 0) is 29.2 Å². The van der Waals surface area contributed by atoms with Gasteiger partial charge in [-0.15, -0.1) is 0 Å². The Hall–Kier alpha value is -3.45. The first-order chi connectivity index (χ1) is 13.6. The van der Waals surface area contributed by atoms with Gasteiger partial charge in [-0.3, -0.25) is 0 Å². The first-order valence-corrected chi connectivity index (χ1v) is 8.72. The van der Waals surface area contributed by atoms with E-state index in [1.807, 2.05) is 6.20 Å². The van der Waals surface area contributed by atoms with Crippen LogP contribution in [0.4, 0.5) is 0 Å². The maximum Gasteiger partial charge on any atom is 0.328 e. The molecule has 0 amide bonds. The number of benzene rings is 2. The second-order valence-corrected chi connectivity index (χ2v) is 5.88. The van der Waals surface area contributed by atoms with E-state index in [1.54, 1.807) is 6.33 Å². The van der Waals surface area contributed by atoms with E-state index < -0.39 is 11.9 Å². The van der Waals surface area contributed by atoms with E-state index >= 15 is 0 Å². The summed E-state index contributed by atoms with van der Waals surface area (Å²) < 4.78 is 5.79. The maximum absolute atomic E-state index is 9.55. The van der Waals surface area contributed by atoms with E-state index in [0.717, 1.165) is 19.4 Å². The third-order valence-electron chi connectivity index (χ3n) is 3.80. The van der Waals surface area contributed by atoms with Crippen molar-refractivity contribution in [1.29, 1.82) is 0 Å². The van der Waals surface area contributed by atoms with Crippen molar-refractivity contribution < 1.29 is 24.5 Å². The third kappa shape index (κ3) is 7.43. The second kappa shape index (κ2) is 11.3. The van der Waals surface area contributed by atoms with Crippen LogP contribution in [-0.4, -0.2) is 38.7 Å². The number of nitrogens with zero attached hydrogens (tertiary/aromatic N) is 1. The van der Waals surface area contributed by atoms with Gasteiger partial charge in [0.2, 0.25) is 0 Å². The summed E-state index contributed by atoms with van der Waals surface area (Å²) >= 11 is 0. The molecule has 3 N–H and O–H groups in total. The van der Waals surface area contributed by atoms with E-state index in [1.165, 1.54) is 22.0 Å². The number of carboxylic acids is 2. The predicted octanol–water partition coefficient (Wildman–Crippen LogP) is 3.42. The van der Waals surface area contributed by atoms with Crippen molar-refractivity contribution in [1.82, 2.24) is 9.97 Å². The van der Waals surface area contributed by atoms with Crippen LogP contribution in [0.25, 0.3) is 10.8 Å². The number of aromatic nitrogens is 2. The molecule has 0 aliphatic heterocycles. The molecule has 0 aliphatic rings. The molecule has 1 heterocycles. The summed E-state index contributed by atoms with van der Waals surface area (Å²) in [6, 6.07) is 14.8. The number of nitrogens with one attached hydrogen (secondary N) is 1. The largest absolute Gasteiger partial charge is 0.478 e. The normalized spacial score (nSPS) is 10.6. The molecule has 3 aromatic rings. The molecule has 28 heavy (non-hydrogen) atoms. The van der Waals surface area contributed by atoms with E-state index in [0.29, 0.717) is 18.8 Å². The molecule has 146 valence electrons. The number of aryl methyl sites for hydroxylation is 1. The minimum absolute atomic E-state index is 0.558. The Kier molecular flexibility index (Phi) is 8.42. The minimum Gasteiger partial charge on any atom is -0.478 e. The first-order valence-electron chi connectivity index (χ1n) is 8.72. The van der Waals surface area contributed by atoms with Gasteiger partial charge in [0.25, 0.3) is 0 Å². The molecule has 0 atom stereocenters. The molecular weight excluding hydrogens is 360 g/mol. The van der Waals surface area contributed by atoms with E-state index in [-0.39, 0.29) is 0 Å².